The summed E-state index contributed by atoms with van der Waals surface area (Å²) in [5.41, 5.74) is 5.33. The van der Waals surface area contributed by atoms with Crippen molar-refractivity contribution >= 4 is 12.4 Å². The van der Waals surface area contributed by atoms with E-state index < -0.39 is 0 Å². The van der Waals surface area contributed by atoms with Crippen molar-refractivity contribution in [3.63, 3.8) is 0 Å². The van der Waals surface area contributed by atoms with Gasteiger partial charge < -0.3 is 10.6 Å². The van der Waals surface area contributed by atoms with Crippen LogP contribution in [-0.2, 0) is 0 Å². The predicted molar refractivity (Wildman–Crippen MR) is 39.5 cm³/mol. The molecule has 0 aromatic rings. The van der Waals surface area contributed by atoms with Crippen LogP contribution < -0.4 is 5.73 Å². The molecule has 0 fully saturated rings. The lowest BCUT2D eigenvalue weighted by Gasteiger charge is -2.16. The summed E-state index contributed by atoms with van der Waals surface area (Å²) in [5.74, 6) is 0. The minimum atomic E-state index is 0. The summed E-state index contributed by atoms with van der Waals surface area (Å²) in [7, 11) is 4.05. The Morgan fingerprint density at radius 2 is 1.88 bits per heavy atom. The molecule has 8 heavy (non-hydrogen) atoms. The van der Waals surface area contributed by atoms with Crippen LogP contribution in [0.5, 0.6) is 0 Å². The van der Waals surface area contributed by atoms with Gasteiger partial charge in [-0.25, -0.2) is 0 Å². The van der Waals surface area contributed by atoms with E-state index in [2.05, 4.69) is 11.8 Å². The monoisotopic (exact) mass is 138 g/mol. The Bertz CT molecular complexity index is 47.7. The lowest BCUT2D eigenvalue weighted by atomic mass is 10.3. The third-order valence-electron chi connectivity index (χ3n) is 1.22. The van der Waals surface area contributed by atoms with Gasteiger partial charge in [0.1, 0.15) is 0 Å². The highest BCUT2D eigenvalue weighted by Gasteiger charge is 1.97. The van der Waals surface area contributed by atoms with Crippen molar-refractivity contribution in [1.29, 1.82) is 0 Å². The van der Waals surface area contributed by atoms with Crippen LogP contribution in [0.3, 0.4) is 0 Å². The summed E-state index contributed by atoms with van der Waals surface area (Å²) in [4.78, 5) is 2.10. The maximum Gasteiger partial charge on any atom is 0.0184 e. The summed E-state index contributed by atoms with van der Waals surface area (Å²) in [5, 5.41) is 0. The van der Waals surface area contributed by atoms with E-state index in [0.29, 0.717) is 6.04 Å². The van der Waals surface area contributed by atoms with Crippen molar-refractivity contribution in [1.82, 2.24) is 4.90 Å². The Kier molecular flexibility index (Phi) is 7.40. The molecule has 0 aromatic heterocycles. The number of rotatable bonds is 2. The number of nitrogens with two attached hydrogens (primary N) is 1. The molecular formula is C5H15ClN2. The van der Waals surface area contributed by atoms with Crippen LogP contribution in [-0.4, -0.2) is 31.6 Å². The molecular weight excluding hydrogens is 124 g/mol. The molecule has 3 heteroatoms. The maximum atomic E-state index is 5.33. The Balaban J connectivity index is 0. The first-order valence-corrected chi connectivity index (χ1v) is 2.55. The van der Waals surface area contributed by atoms with Crippen molar-refractivity contribution in [2.45, 2.75) is 13.0 Å². The van der Waals surface area contributed by atoms with Crippen molar-refractivity contribution in [2.75, 3.05) is 20.6 Å². The van der Waals surface area contributed by atoms with E-state index in [-0.39, 0.29) is 12.4 Å². The number of hydrogen-bond donors (Lipinski definition) is 1. The van der Waals surface area contributed by atoms with Crippen molar-refractivity contribution in [2.24, 2.45) is 5.73 Å². The molecule has 2 nitrogen and oxygen atoms in total. The Labute approximate surface area is 57.5 Å². The van der Waals surface area contributed by atoms with Gasteiger partial charge >= 0.3 is 0 Å². The number of hydrogen-bond acceptors (Lipinski definition) is 2. The zero-order valence-corrected chi connectivity index (χ0v) is 6.53. The number of halogens is 1. The summed E-state index contributed by atoms with van der Waals surface area (Å²) in [6.45, 7) is 2.84. The van der Waals surface area contributed by atoms with Gasteiger partial charge in [0.15, 0.2) is 0 Å². The third-order valence-corrected chi connectivity index (χ3v) is 1.22. The van der Waals surface area contributed by atoms with Gasteiger partial charge in [0.25, 0.3) is 0 Å². The second-order valence-corrected chi connectivity index (χ2v) is 2.05. The molecule has 0 heterocycles. The molecule has 0 bridgehead atoms. The largest absolute Gasteiger partial charge is 0.329 e. The fourth-order valence-electron chi connectivity index (χ4n) is 0.211. The van der Waals surface area contributed by atoms with E-state index in [1.165, 1.54) is 0 Å². The Morgan fingerprint density at radius 1 is 1.50 bits per heavy atom. The summed E-state index contributed by atoms with van der Waals surface area (Å²) >= 11 is 0. The van der Waals surface area contributed by atoms with E-state index >= 15 is 0 Å². The van der Waals surface area contributed by atoms with Gasteiger partial charge in [-0.05, 0) is 21.0 Å². The molecule has 0 aliphatic carbocycles. The molecule has 0 spiro atoms. The molecule has 0 saturated carbocycles. The molecule has 0 amide bonds. The van der Waals surface area contributed by atoms with Crippen molar-refractivity contribution in [3.05, 3.63) is 0 Å². The second-order valence-electron chi connectivity index (χ2n) is 2.05. The average Bonchev–Trinajstić information content (AvgIpc) is 1.65. The van der Waals surface area contributed by atoms with Crippen LogP contribution in [0, 0.1) is 0 Å². The molecule has 52 valence electrons. The summed E-state index contributed by atoms with van der Waals surface area (Å²) in [6.07, 6.45) is 0. The fraction of sp³-hybridized carbons (Fsp3) is 1.00. The van der Waals surface area contributed by atoms with Gasteiger partial charge in [0.2, 0.25) is 0 Å². The smallest absolute Gasteiger partial charge is 0.0184 e. The van der Waals surface area contributed by atoms with Gasteiger partial charge in [0, 0.05) is 12.6 Å². The summed E-state index contributed by atoms with van der Waals surface area (Å²) < 4.78 is 0. The molecule has 0 radical (unpaired) electrons. The molecule has 0 aliphatic rings. The number of likely N-dealkylation sites (N-methyl/N-ethyl adjacent to an activating group) is 1. The lowest BCUT2D eigenvalue weighted by molar-refractivity contribution is 0.320. The molecule has 0 rings (SSSR count). The van der Waals surface area contributed by atoms with Gasteiger partial charge in [-0.3, -0.25) is 0 Å². The molecule has 0 aromatic carbocycles. The van der Waals surface area contributed by atoms with Gasteiger partial charge in [0.05, 0.1) is 0 Å². The molecule has 1 atom stereocenters. The lowest BCUT2D eigenvalue weighted by Crippen LogP contribution is -2.31. The van der Waals surface area contributed by atoms with Crippen LogP contribution in [0.2, 0.25) is 0 Å². The molecule has 2 N–H and O–H groups in total. The van der Waals surface area contributed by atoms with E-state index in [9.17, 15) is 0 Å². The highest BCUT2D eigenvalue weighted by atomic mass is 35.5. The molecule has 1 unspecified atom stereocenters. The van der Waals surface area contributed by atoms with Crippen LogP contribution in [0.1, 0.15) is 6.92 Å². The van der Waals surface area contributed by atoms with E-state index in [4.69, 9.17) is 5.73 Å². The van der Waals surface area contributed by atoms with Crippen LogP contribution in [0.15, 0.2) is 0 Å². The van der Waals surface area contributed by atoms with Crippen molar-refractivity contribution < 1.29 is 0 Å². The molecule has 0 aliphatic heterocycles. The van der Waals surface area contributed by atoms with Crippen LogP contribution in [0.4, 0.5) is 0 Å². The molecule has 0 saturated heterocycles. The minimum absolute atomic E-state index is 0. The minimum Gasteiger partial charge on any atom is -0.329 e. The first kappa shape index (κ1) is 11.1. The predicted octanol–water partition coefficient (Wildman–Crippen LogP) is 0.317. The zero-order valence-electron chi connectivity index (χ0n) is 5.72. The van der Waals surface area contributed by atoms with Crippen molar-refractivity contribution in [3.8, 4) is 0 Å². The van der Waals surface area contributed by atoms with Gasteiger partial charge in [-0.2, -0.15) is 0 Å². The van der Waals surface area contributed by atoms with Crippen LogP contribution >= 0.6 is 12.4 Å². The quantitative estimate of drug-likeness (QED) is 0.596. The zero-order chi connectivity index (χ0) is 5.86. The normalized spacial score (nSPS) is 13.1. The van der Waals surface area contributed by atoms with Gasteiger partial charge in [-0.15, -0.1) is 12.4 Å². The SMILES string of the molecule is CC(CN)N(C)C.Cl. The van der Waals surface area contributed by atoms with Gasteiger partial charge in [-0.1, -0.05) is 0 Å². The Hall–Kier alpha value is 0.210. The number of nitrogens with zero attached hydrogens (tertiary/aromatic N) is 1. The standard InChI is InChI=1S/C5H14N2.ClH/c1-5(4-6)7(2)3;/h5H,4,6H2,1-3H3;1H. The maximum absolute atomic E-state index is 5.33. The topological polar surface area (TPSA) is 29.3 Å². The average molecular weight is 139 g/mol. The van der Waals surface area contributed by atoms with E-state index in [1.807, 2.05) is 14.1 Å². The van der Waals surface area contributed by atoms with Crippen LogP contribution in [0.25, 0.3) is 0 Å². The first-order valence-electron chi connectivity index (χ1n) is 2.55. The third kappa shape index (κ3) is 4.37. The summed E-state index contributed by atoms with van der Waals surface area (Å²) in [6, 6.07) is 0.514. The van der Waals surface area contributed by atoms with E-state index in [0.717, 1.165) is 6.54 Å². The highest BCUT2D eigenvalue weighted by molar-refractivity contribution is 5.85. The second kappa shape index (κ2) is 5.35. The Morgan fingerprint density at radius 3 is 1.88 bits per heavy atom. The van der Waals surface area contributed by atoms with E-state index in [1.54, 1.807) is 0 Å². The first-order chi connectivity index (χ1) is 3.18. The highest BCUT2D eigenvalue weighted by Crippen LogP contribution is 1.84. The fourth-order valence-corrected chi connectivity index (χ4v) is 0.211.